The van der Waals surface area contributed by atoms with Crippen LogP contribution in [0.15, 0.2) is 0 Å². The molecule has 0 spiro atoms. The van der Waals surface area contributed by atoms with Crippen molar-refractivity contribution in [3.8, 4) is 0 Å². The topological polar surface area (TPSA) is 80.3 Å². The fraction of sp³-hybridized carbons (Fsp3) is 0. The van der Waals surface area contributed by atoms with E-state index < -0.39 is 10.4 Å². The van der Waals surface area contributed by atoms with Gasteiger partial charge in [0, 0.05) is 10.4 Å². The second kappa shape index (κ2) is 8.35. The summed E-state index contributed by atoms with van der Waals surface area (Å²) in [6.07, 6.45) is 0. The summed E-state index contributed by atoms with van der Waals surface area (Å²) in [5, 5.41) is 0. The maximum absolute atomic E-state index is 8.52. The predicted molar refractivity (Wildman–Crippen MR) is 10.5 cm³/mol. The Kier molecular flexibility index (Phi) is 23.8. The van der Waals surface area contributed by atoms with Gasteiger partial charge in [-0.2, -0.15) is 0 Å². The average molecular weight is 293 g/mol. The van der Waals surface area contributed by atoms with Crippen LogP contribution in [0.25, 0.3) is 0 Å². The minimum absolute atomic E-state index is 0. The Morgan fingerprint density at radius 3 is 1.12 bits per heavy atom. The molecule has 0 aromatic heterocycles. The molecular formula is CdFO4SZn+. The molecule has 0 saturated heterocycles. The van der Waals surface area contributed by atoms with Gasteiger partial charge in [0.2, 0.25) is 0 Å². The van der Waals surface area contributed by atoms with E-state index in [4.69, 9.17) is 17.5 Å². The second-order valence-corrected chi connectivity index (χ2v) is 1.22. The molecule has 0 rings (SSSR count). The van der Waals surface area contributed by atoms with Gasteiger partial charge in [-0.05, 0) is 0 Å². The molecule has 40 valence electrons. The van der Waals surface area contributed by atoms with Crippen molar-refractivity contribution in [3.63, 3.8) is 0 Å². The molecule has 8 heavy (non-hydrogen) atoms. The van der Waals surface area contributed by atoms with Gasteiger partial charge in [0.25, 0.3) is 0 Å². The first-order chi connectivity index (χ1) is 2.00. The Balaban J connectivity index is -0.0000000267. The Labute approximate surface area is 78.9 Å². The SMILES string of the molecule is O=S(=O)([O-])[O-].[Cd+2].[F-].[Zn+2]. The van der Waals surface area contributed by atoms with Gasteiger partial charge in [-0.25, -0.2) is 0 Å². The van der Waals surface area contributed by atoms with E-state index in [1.807, 2.05) is 0 Å². The fourth-order valence-corrected chi connectivity index (χ4v) is 0. The smallest absolute Gasteiger partial charge is 1.00 e. The first-order valence-electron chi connectivity index (χ1n) is 0.667. The van der Waals surface area contributed by atoms with Crippen LogP contribution in [0.5, 0.6) is 0 Å². The standard InChI is InChI=1S/Cd.FH.H2O4S.Zn/c;;1-5(2,3)4;/h;1H;(H2,1,2,3,4);/q+2;;;+2/p-3. The van der Waals surface area contributed by atoms with Gasteiger partial charge in [0.1, 0.15) is 0 Å². The summed E-state index contributed by atoms with van der Waals surface area (Å²) in [6.45, 7) is 0. The van der Waals surface area contributed by atoms with Crippen molar-refractivity contribution in [1.82, 2.24) is 0 Å². The molecule has 0 aliphatic carbocycles. The van der Waals surface area contributed by atoms with Gasteiger partial charge in [-0.3, -0.25) is 8.42 Å². The van der Waals surface area contributed by atoms with Crippen molar-refractivity contribution in [2.75, 3.05) is 0 Å². The first-order valence-corrected chi connectivity index (χ1v) is 2.00. The monoisotopic (exact) mass is 293 g/mol. The van der Waals surface area contributed by atoms with Crippen molar-refractivity contribution in [2.24, 2.45) is 0 Å². The van der Waals surface area contributed by atoms with E-state index in [1.165, 1.54) is 0 Å². The van der Waals surface area contributed by atoms with Crippen LogP contribution in [0.4, 0.5) is 0 Å². The summed E-state index contributed by atoms with van der Waals surface area (Å²) in [7, 11) is -5.17. The average Bonchev–Trinajstić information content (AvgIpc) is 0.722. The van der Waals surface area contributed by atoms with Crippen LogP contribution in [-0.2, 0) is 57.2 Å². The third-order valence-corrected chi connectivity index (χ3v) is 0. The van der Waals surface area contributed by atoms with E-state index in [0.717, 1.165) is 0 Å². The Bertz CT molecular complexity index is 99.2. The normalized spacial score (nSPS) is 7.25. The van der Waals surface area contributed by atoms with Crippen LogP contribution in [0.2, 0.25) is 0 Å². The molecule has 4 nitrogen and oxygen atoms in total. The second-order valence-electron chi connectivity index (χ2n) is 0.408. The van der Waals surface area contributed by atoms with E-state index in [2.05, 4.69) is 0 Å². The van der Waals surface area contributed by atoms with Crippen LogP contribution in [-0.4, -0.2) is 17.5 Å². The Morgan fingerprint density at radius 2 is 1.12 bits per heavy atom. The number of rotatable bonds is 0. The van der Waals surface area contributed by atoms with Gasteiger partial charge in [-0.1, -0.05) is 0 Å². The van der Waals surface area contributed by atoms with Crippen LogP contribution in [0.1, 0.15) is 0 Å². The molecule has 0 saturated carbocycles. The van der Waals surface area contributed by atoms with E-state index in [0.29, 0.717) is 0 Å². The van der Waals surface area contributed by atoms with Crippen LogP contribution in [0, 0.1) is 0 Å². The Morgan fingerprint density at radius 1 is 1.12 bits per heavy atom. The van der Waals surface area contributed by atoms with Crippen LogP contribution >= 0.6 is 0 Å². The molecule has 0 fully saturated rings. The molecule has 0 aliphatic rings. The van der Waals surface area contributed by atoms with E-state index in [-0.39, 0.29) is 51.5 Å². The molecule has 0 N–H and O–H groups in total. The van der Waals surface area contributed by atoms with E-state index in [1.54, 1.807) is 0 Å². The van der Waals surface area contributed by atoms with E-state index in [9.17, 15) is 0 Å². The molecule has 8 heteroatoms. The zero-order chi connectivity index (χ0) is 4.50. The van der Waals surface area contributed by atoms with Gasteiger partial charge in [0.15, 0.2) is 0 Å². The third kappa shape index (κ3) is 163. The summed E-state index contributed by atoms with van der Waals surface area (Å²) in [5.41, 5.74) is 0. The zero-order valence-electron chi connectivity index (χ0n) is 3.83. The van der Waals surface area contributed by atoms with Gasteiger partial charge in [-0.15, -0.1) is 0 Å². The number of hydrogen-bond donors (Lipinski definition) is 0. The molecular weight excluding hydrogens is 293 g/mol. The quantitative estimate of drug-likeness (QED) is 0.257. The molecule has 0 radical (unpaired) electrons. The van der Waals surface area contributed by atoms with Crippen molar-refractivity contribution >= 4 is 10.4 Å². The molecule has 0 aromatic rings. The summed E-state index contributed by atoms with van der Waals surface area (Å²) >= 11 is 0. The molecule has 0 aliphatic heterocycles. The summed E-state index contributed by atoms with van der Waals surface area (Å²) in [4.78, 5) is 0. The van der Waals surface area contributed by atoms with Crippen molar-refractivity contribution in [1.29, 1.82) is 0 Å². The summed E-state index contributed by atoms with van der Waals surface area (Å²) < 4.78 is 34.1. The largest absolute Gasteiger partial charge is 2.00 e. The molecule has 0 bridgehead atoms. The molecule has 0 amide bonds. The third-order valence-electron chi connectivity index (χ3n) is 0. The minimum Gasteiger partial charge on any atom is -1.00 e. The predicted octanol–water partition coefficient (Wildman–Crippen LogP) is -4.34. The van der Waals surface area contributed by atoms with Crippen molar-refractivity contribution in [2.45, 2.75) is 0 Å². The summed E-state index contributed by atoms with van der Waals surface area (Å²) in [6, 6.07) is 0. The van der Waals surface area contributed by atoms with Crippen molar-refractivity contribution < 1.29 is 69.0 Å². The van der Waals surface area contributed by atoms with Gasteiger partial charge < -0.3 is 13.8 Å². The fourth-order valence-electron chi connectivity index (χ4n) is 0. The van der Waals surface area contributed by atoms with E-state index >= 15 is 0 Å². The van der Waals surface area contributed by atoms with Gasteiger partial charge >= 0.3 is 46.8 Å². The first kappa shape index (κ1) is 22.8. The molecule has 0 heterocycles. The summed E-state index contributed by atoms with van der Waals surface area (Å²) in [5.74, 6) is 0. The number of halogens is 1. The molecule has 0 unspecified atom stereocenters. The van der Waals surface area contributed by atoms with Gasteiger partial charge in [0.05, 0.1) is 0 Å². The zero-order valence-corrected chi connectivity index (χ0v) is 11.7. The minimum atomic E-state index is -5.17. The number of hydrogen-bond acceptors (Lipinski definition) is 4. The molecule has 0 aromatic carbocycles. The van der Waals surface area contributed by atoms with Crippen LogP contribution in [0.3, 0.4) is 0 Å². The maximum atomic E-state index is 8.52. The van der Waals surface area contributed by atoms with Crippen LogP contribution < -0.4 is 4.70 Å². The molecule has 0 atom stereocenters. The Hall–Kier alpha value is 1.35. The van der Waals surface area contributed by atoms with Crippen molar-refractivity contribution in [3.05, 3.63) is 0 Å². The maximum Gasteiger partial charge on any atom is 2.00 e.